The van der Waals surface area contributed by atoms with Crippen LogP contribution in [0.2, 0.25) is 0 Å². The fourth-order valence-corrected chi connectivity index (χ4v) is 3.42. The van der Waals surface area contributed by atoms with Crippen LogP contribution in [0.15, 0.2) is 41.4 Å². The van der Waals surface area contributed by atoms with Crippen LogP contribution in [0.3, 0.4) is 0 Å². The van der Waals surface area contributed by atoms with E-state index in [2.05, 4.69) is 4.99 Å². The minimum Gasteiger partial charge on any atom is -0.385 e. The monoisotopic (exact) mass is 405 g/mol. The highest BCUT2D eigenvalue weighted by Crippen LogP contribution is 2.51. The number of hydrogen-bond donors (Lipinski definition) is 1. The Morgan fingerprint density at radius 2 is 1.69 bits per heavy atom. The predicted molar refractivity (Wildman–Crippen MR) is 100 cm³/mol. The molecule has 1 aliphatic heterocycles. The molecular formula is C21H19F4N3O. The van der Waals surface area contributed by atoms with Crippen molar-refractivity contribution in [3.05, 3.63) is 59.2 Å². The molecule has 8 heteroatoms. The lowest BCUT2D eigenvalue weighted by Gasteiger charge is -2.42. The molecule has 0 amide bonds. The molecule has 4 nitrogen and oxygen atoms in total. The van der Waals surface area contributed by atoms with Gasteiger partial charge < -0.3 is 10.5 Å². The van der Waals surface area contributed by atoms with Gasteiger partial charge in [0.2, 0.25) is 0 Å². The van der Waals surface area contributed by atoms with Gasteiger partial charge in [0.15, 0.2) is 5.54 Å². The number of amidine groups is 1. The highest BCUT2D eigenvalue weighted by atomic mass is 19.3. The minimum absolute atomic E-state index is 0.0975. The zero-order valence-electron chi connectivity index (χ0n) is 16.1. The Labute approximate surface area is 165 Å². The SMILES string of the molecule is CC1(C)OCC(N)=NC(C)(c2cc(-c3ccc(C#N)cc3)c(F)cc2F)C1(F)F. The Morgan fingerprint density at radius 3 is 2.28 bits per heavy atom. The van der Waals surface area contributed by atoms with E-state index >= 15 is 8.78 Å². The van der Waals surface area contributed by atoms with E-state index in [1.807, 2.05) is 6.07 Å². The smallest absolute Gasteiger partial charge is 0.304 e. The summed E-state index contributed by atoms with van der Waals surface area (Å²) in [5.74, 6) is -6.00. The molecule has 0 saturated heterocycles. The lowest BCUT2D eigenvalue weighted by atomic mass is 9.77. The lowest BCUT2D eigenvalue weighted by molar-refractivity contribution is -0.214. The van der Waals surface area contributed by atoms with Crippen molar-refractivity contribution < 1.29 is 22.3 Å². The third-order valence-electron chi connectivity index (χ3n) is 5.22. The number of nitriles is 1. The van der Waals surface area contributed by atoms with Gasteiger partial charge in [-0.2, -0.15) is 5.26 Å². The first kappa shape index (κ1) is 20.8. The average molecular weight is 405 g/mol. The Bertz CT molecular complexity index is 1030. The van der Waals surface area contributed by atoms with E-state index in [4.69, 9.17) is 15.7 Å². The van der Waals surface area contributed by atoms with Crippen LogP contribution in [0.4, 0.5) is 17.6 Å². The highest BCUT2D eigenvalue weighted by Gasteiger charge is 2.64. The van der Waals surface area contributed by atoms with Crippen LogP contribution >= 0.6 is 0 Å². The number of alkyl halides is 2. The standard InChI is InChI=1S/C21H19F4N3O/c1-19(2)21(24,25)20(3,28-18(27)11-29-19)15-8-14(16(22)9-17(15)23)13-6-4-12(10-26)5-7-13/h4-9H,11H2,1-3H3,(H2,27,28). The second kappa shape index (κ2) is 6.85. The third kappa shape index (κ3) is 3.25. The summed E-state index contributed by atoms with van der Waals surface area (Å²) in [4.78, 5) is 3.89. The van der Waals surface area contributed by atoms with Crippen molar-refractivity contribution in [2.24, 2.45) is 10.7 Å². The number of ether oxygens (including phenoxy) is 1. The molecule has 0 saturated carbocycles. The molecule has 1 aliphatic rings. The van der Waals surface area contributed by atoms with Crippen LogP contribution in [0, 0.1) is 23.0 Å². The van der Waals surface area contributed by atoms with E-state index in [9.17, 15) is 8.78 Å². The van der Waals surface area contributed by atoms with Crippen molar-refractivity contribution in [1.29, 1.82) is 5.26 Å². The van der Waals surface area contributed by atoms with E-state index in [-0.39, 0.29) is 18.0 Å². The molecule has 3 rings (SSSR count). The van der Waals surface area contributed by atoms with Crippen molar-refractivity contribution in [1.82, 2.24) is 0 Å². The van der Waals surface area contributed by atoms with Gasteiger partial charge in [0.05, 0.1) is 11.6 Å². The number of benzene rings is 2. The summed E-state index contributed by atoms with van der Waals surface area (Å²) in [5.41, 5.74) is 1.31. The molecule has 1 atom stereocenters. The summed E-state index contributed by atoms with van der Waals surface area (Å²) < 4.78 is 65.5. The van der Waals surface area contributed by atoms with Gasteiger partial charge >= 0.3 is 5.92 Å². The molecule has 2 N–H and O–H groups in total. The van der Waals surface area contributed by atoms with Crippen molar-refractivity contribution in [3.63, 3.8) is 0 Å². The number of nitrogens with two attached hydrogens (primary N) is 1. The number of aliphatic imine (C=N–C) groups is 1. The van der Waals surface area contributed by atoms with Gasteiger partial charge in [-0.25, -0.2) is 17.6 Å². The van der Waals surface area contributed by atoms with Crippen molar-refractivity contribution in [2.45, 2.75) is 37.8 Å². The third-order valence-corrected chi connectivity index (χ3v) is 5.22. The van der Waals surface area contributed by atoms with E-state index in [1.165, 1.54) is 38.1 Å². The first-order valence-corrected chi connectivity index (χ1v) is 8.79. The molecule has 0 fully saturated rings. The van der Waals surface area contributed by atoms with E-state index in [1.54, 1.807) is 0 Å². The van der Waals surface area contributed by atoms with Gasteiger partial charge in [0.1, 0.15) is 29.7 Å². The summed E-state index contributed by atoms with van der Waals surface area (Å²) in [6.45, 7) is 3.04. The predicted octanol–water partition coefficient (Wildman–Crippen LogP) is 4.52. The van der Waals surface area contributed by atoms with E-state index < -0.39 is 34.3 Å². The largest absolute Gasteiger partial charge is 0.385 e. The van der Waals surface area contributed by atoms with Crippen molar-refractivity contribution >= 4 is 5.84 Å². The molecule has 0 aliphatic carbocycles. The molecule has 1 unspecified atom stereocenters. The molecule has 0 aromatic heterocycles. The highest BCUT2D eigenvalue weighted by molar-refractivity contribution is 5.82. The maximum absolute atomic E-state index is 15.5. The molecule has 0 radical (unpaired) electrons. The van der Waals surface area contributed by atoms with Gasteiger partial charge in [-0.1, -0.05) is 12.1 Å². The minimum atomic E-state index is -3.68. The average Bonchev–Trinajstić information content (AvgIpc) is 2.71. The van der Waals surface area contributed by atoms with Crippen LogP contribution in [0.5, 0.6) is 0 Å². The van der Waals surface area contributed by atoms with Crippen LogP contribution < -0.4 is 5.73 Å². The lowest BCUT2D eigenvalue weighted by Crippen LogP contribution is -2.56. The van der Waals surface area contributed by atoms with Crippen molar-refractivity contribution in [2.75, 3.05) is 6.61 Å². The zero-order valence-corrected chi connectivity index (χ0v) is 16.1. The molecule has 0 spiro atoms. The molecule has 152 valence electrons. The molecule has 2 aromatic carbocycles. The fraction of sp³-hybridized carbons (Fsp3) is 0.333. The summed E-state index contributed by atoms with van der Waals surface area (Å²) in [6.07, 6.45) is 0. The topological polar surface area (TPSA) is 71.4 Å². The number of hydrogen-bond acceptors (Lipinski definition) is 4. The summed E-state index contributed by atoms with van der Waals surface area (Å²) in [6, 6.07) is 9.31. The Morgan fingerprint density at radius 1 is 1.07 bits per heavy atom. The van der Waals surface area contributed by atoms with Crippen LogP contribution in [-0.4, -0.2) is 24.0 Å². The van der Waals surface area contributed by atoms with Gasteiger partial charge in [0, 0.05) is 17.2 Å². The zero-order chi connectivity index (χ0) is 21.6. The van der Waals surface area contributed by atoms with Gasteiger partial charge in [-0.05, 0) is 44.5 Å². The Hall–Kier alpha value is -2.92. The number of halogens is 4. The van der Waals surface area contributed by atoms with Gasteiger partial charge in [-0.15, -0.1) is 0 Å². The fourth-order valence-electron chi connectivity index (χ4n) is 3.42. The Kier molecular flexibility index (Phi) is 4.91. The molecule has 29 heavy (non-hydrogen) atoms. The quantitative estimate of drug-likeness (QED) is 0.747. The maximum Gasteiger partial charge on any atom is 0.304 e. The molecule has 1 heterocycles. The van der Waals surface area contributed by atoms with E-state index in [0.29, 0.717) is 17.2 Å². The second-order valence-corrected chi connectivity index (χ2v) is 7.55. The summed E-state index contributed by atoms with van der Waals surface area (Å²) in [5, 5.41) is 8.90. The summed E-state index contributed by atoms with van der Waals surface area (Å²) >= 11 is 0. The molecule has 2 aromatic rings. The number of rotatable bonds is 2. The van der Waals surface area contributed by atoms with Crippen LogP contribution in [0.25, 0.3) is 11.1 Å². The Balaban J connectivity index is 2.26. The first-order valence-electron chi connectivity index (χ1n) is 8.79. The van der Waals surface area contributed by atoms with Gasteiger partial charge in [0.25, 0.3) is 0 Å². The first-order chi connectivity index (χ1) is 13.4. The van der Waals surface area contributed by atoms with Crippen LogP contribution in [-0.2, 0) is 10.3 Å². The number of nitrogens with zero attached hydrogens (tertiary/aromatic N) is 2. The summed E-state index contributed by atoms with van der Waals surface area (Å²) in [7, 11) is 0. The molecular weight excluding hydrogens is 386 g/mol. The molecule has 0 bridgehead atoms. The maximum atomic E-state index is 15.5. The van der Waals surface area contributed by atoms with Crippen molar-refractivity contribution in [3.8, 4) is 17.2 Å². The normalized spacial score (nSPS) is 23.0. The van der Waals surface area contributed by atoms with Gasteiger partial charge in [-0.3, -0.25) is 4.99 Å². The second-order valence-electron chi connectivity index (χ2n) is 7.55. The van der Waals surface area contributed by atoms with Crippen LogP contribution in [0.1, 0.15) is 31.9 Å². The van der Waals surface area contributed by atoms with E-state index in [0.717, 1.165) is 13.0 Å².